The highest BCUT2D eigenvalue weighted by molar-refractivity contribution is 7.88. The van der Waals surface area contributed by atoms with Gasteiger partial charge in [-0.1, -0.05) is 60.7 Å². The van der Waals surface area contributed by atoms with Gasteiger partial charge in [0.15, 0.2) is 0 Å². The van der Waals surface area contributed by atoms with Gasteiger partial charge >= 0.3 is 0 Å². The van der Waals surface area contributed by atoms with E-state index in [-0.39, 0.29) is 5.75 Å². The van der Waals surface area contributed by atoms with Gasteiger partial charge < -0.3 is 4.57 Å². The summed E-state index contributed by atoms with van der Waals surface area (Å²) in [6.45, 7) is 1.91. The van der Waals surface area contributed by atoms with Crippen LogP contribution in [-0.4, -0.2) is 40.6 Å². The van der Waals surface area contributed by atoms with Gasteiger partial charge in [-0.05, 0) is 29.9 Å². The first-order valence-corrected chi connectivity index (χ1v) is 11.6. The predicted molar refractivity (Wildman–Crippen MR) is 113 cm³/mol. The molecule has 0 bridgehead atoms. The van der Waals surface area contributed by atoms with Crippen molar-refractivity contribution >= 4 is 10.0 Å². The molecule has 6 nitrogen and oxygen atoms in total. The average Bonchev–Trinajstić information content (AvgIpc) is 3.16. The van der Waals surface area contributed by atoms with Gasteiger partial charge in [0, 0.05) is 19.5 Å². The minimum absolute atomic E-state index is 0.0733. The highest BCUT2D eigenvalue weighted by Gasteiger charge is 2.28. The fourth-order valence-corrected chi connectivity index (χ4v) is 5.44. The molecule has 0 atom stereocenters. The van der Waals surface area contributed by atoms with Crippen LogP contribution in [0.25, 0.3) is 0 Å². The summed E-state index contributed by atoms with van der Waals surface area (Å²) in [6.07, 6.45) is 4.32. The van der Waals surface area contributed by atoms with Crippen LogP contribution < -0.4 is 0 Å². The van der Waals surface area contributed by atoms with E-state index in [1.54, 1.807) is 10.6 Å². The monoisotopic (exact) mass is 410 g/mol. The van der Waals surface area contributed by atoms with Crippen molar-refractivity contribution < 1.29 is 8.42 Å². The van der Waals surface area contributed by atoms with Gasteiger partial charge in [0.25, 0.3) is 0 Å². The van der Waals surface area contributed by atoms with Gasteiger partial charge in [0.1, 0.15) is 12.2 Å². The Hall–Kier alpha value is -2.51. The summed E-state index contributed by atoms with van der Waals surface area (Å²) in [4.78, 5) is 0. The molecule has 1 aromatic heterocycles. The molecular formula is C22H26N4O2S. The lowest BCUT2D eigenvalue weighted by atomic mass is 9.94. The number of rotatable bonds is 7. The Balaban J connectivity index is 1.33. The molecule has 7 heteroatoms. The maximum Gasteiger partial charge on any atom is 0.218 e. The first-order valence-electron chi connectivity index (χ1n) is 10.0. The van der Waals surface area contributed by atoms with Gasteiger partial charge in [0.2, 0.25) is 10.0 Å². The minimum atomic E-state index is -3.27. The number of aromatic nitrogens is 3. The van der Waals surface area contributed by atoms with E-state index >= 15 is 0 Å². The third-order valence-corrected chi connectivity index (χ3v) is 7.37. The molecule has 0 unspecified atom stereocenters. The van der Waals surface area contributed by atoms with Crippen LogP contribution in [0.5, 0.6) is 0 Å². The molecule has 0 aliphatic carbocycles. The van der Waals surface area contributed by atoms with E-state index in [1.165, 1.54) is 5.56 Å². The summed E-state index contributed by atoms with van der Waals surface area (Å²) in [7, 11) is -3.27. The van der Waals surface area contributed by atoms with Crippen molar-refractivity contribution in [2.24, 2.45) is 5.92 Å². The standard InChI is InChI=1S/C22H26N4O2S/c27-29(28,17-21-9-5-2-6-10-21)26-13-11-19(12-14-26)15-22-24-23-18-25(22)16-20-7-3-1-4-8-20/h1-10,18-19H,11-17H2. The molecule has 4 rings (SSSR count). The van der Waals surface area contributed by atoms with Crippen LogP contribution in [0.1, 0.15) is 29.8 Å². The van der Waals surface area contributed by atoms with Crippen molar-refractivity contribution in [2.75, 3.05) is 13.1 Å². The molecule has 1 fully saturated rings. The second kappa shape index (κ2) is 8.88. The van der Waals surface area contributed by atoms with E-state index in [0.29, 0.717) is 19.0 Å². The zero-order chi connectivity index (χ0) is 20.1. The molecule has 0 radical (unpaired) electrons. The van der Waals surface area contributed by atoms with Crippen molar-refractivity contribution in [3.05, 3.63) is 83.9 Å². The number of hydrogen-bond acceptors (Lipinski definition) is 4. The maximum atomic E-state index is 12.7. The van der Waals surface area contributed by atoms with E-state index < -0.39 is 10.0 Å². The molecular weight excluding hydrogens is 384 g/mol. The summed E-state index contributed by atoms with van der Waals surface area (Å²) in [6, 6.07) is 19.7. The van der Waals surface area contributed by atoms with Crippen LogP contribution in [0.15, 0.2) is 67.0 Å². The number of hydrogen-bond donors (Lipinski definition) is 0. The van der Waals surface area contributed by atoms with Gasteiger partial charge in [-0.15, -0.1) is 10.2 Å². The van der Waals surface area contributed by atoms with E-state index in [9.17, 15) is 8.42 Å². The topological polar surface area (TPSA) is 68.1 Å². The van der Waals surface area contributed by atoms with Crippen molar-refractivity contribution in [3.8, 4) is 0 Å². The smallest absolute Gasteiger partial charge is 0.218 e. The SMILES string of the molecule is O=S(=O)(Cc1ccccc1)N1CCC(Cc2nncn2Cc2ccccc2)CC1. The van der Waals surface area contributed by atoms with Crippen molar-refractivity contribution in [1.82, 2.24) is 19.1 Å². The number of piperidine rings is 1. The van der Waals surface area contributed by atoms with Crippen molar-refractivity contribution in [2.45, 2.75) is 31.6 Å². The van der Waals surface area contributed by atoms with Crippen molar-refractivity contribution in [1.29, 1.82) is 0 Å². The highest BCUT2D eigenvalue weighted by Crippen LogP contribution is 2.24. The van der Waals surface area contributed by atoms with Crippen LogP contribution in [0.4, 0.5) is 0 Å². The summed E-state index contributed by atoms with van der Waals surface area (Å²) >= 11 is 0. The second-order valence-electron chi connectivity index (χ2n) is 7.65. The molecule has 0 saturated carbocycles. The molecule has 1 saturated heterocycles. The van der Waals surface area contributed by atoms with Crippen LogP contribution in [0.2, 0.25) is 0 Å². The van der Waals surface area contributed by atoms with Gasteiger partial charge in [-0.2, -0.15) is 0 Å². The Labute approximate surface area is 172 Å². The lowest BCUT2D eigenvalue weighted by Crippen LogP contribution is -2.39. The van der Waals surface area contributed by atoms with E-state index in [2.05, 4.69) is 26.9 Å². The Morgan fingerprint density at radius 2 is 1.52 bits per heavy atom. The number of nitrogens with zero attached hydrogens (tertiary/aromatic N) is 4. The zero-order valence-corrected chi connectivity index (χ0v) is 17.2. The molecule has 0 N–H and O–H groups in total. The van der Waals surface area contributed by atoms with E-state index in [4.69, 9.17) is 0 Å². The molecule has 152 valence electrons. The zero-order valence-electron chi connectivity index (χ0n) is 16.4. The third kappa shape index (κ3) is 5.10. The Morgan fingerprint density at radius 1 is 0.897 bits per heavy atom. The molecule has 2 heterocycles. The van der Waals surface area contributed by atoms with E-state index in [1.807, 2.05) is 48.5 Å². The van der Waals surface area contributed by atoms with Crippen molar-refractivity contribution in [3.63, 3.8) is 0 Å². The predicted octanol–water partition coefficient (Wildman–Crippen LogP) is 3.11. The highest BCUT2D eigenvalue weighted by atomic mass is 32.2. The fourth-order valence-electron chi connectivity index (χ4n) is 3.88. The van der Waals surface area contributed by atoms with Gasteiger partial charge in [-0.3, -0.25) is 0 Å². The first-order chi connectivity index (χ1) is 14.1. The summed E-state index contributed by atoms with van der Waals surface area (Å²) in [5, 5.41) is 8.40. The fraction of sp³-hybridized carbons (Fsp3) is 0.364. The average molecular weight is 411 g/mol. The largest absolute Gasteiger partial charge is 0.313 e. The van der Waals surface area contributed by atoms with Crippen LogP contribution in [-0.2, 0) is 28.7 Å². The Kier molecular flexibility index (Phi) is 6.06. The van der Waals surface area contributed by atoms with Crippen LogP contribution in [0, 0.1) is 5.92 Å². The minimum Gasteiger partial charge on any atom is -0.313 e. The van der Waals surface area contributed by atoms with Gasteiger partial charge in [-0.25, -0.2) is 12.7 Å². The number of sulfonamides is 1. The third-order valence-electron chi connectivity index (χ3n) is 5.52. The first kappa shape index (κ1) is 19.8. The summed E-state index contributed by atoms with van der Waals surface area (Å²) in [5.74, 6) is 1.47. The Bertz CT molecular complexity index is 1010. The summed E-state index contributed by atoms with van der Waals surface area (Å²) < 4.78 is 29.2. The molecule has 29 heavy (non-hydrogen) atoms. The molecule has 3 aromatic rings. The lowest BCUT2D eigenvalue weighted by molar-refractivity contribution is 0.269. The molecule has 1 aliphatic rings. The summed E-state index contributed by atoms with van der Waals surface area (Å²) in [5.41, 5.74) is 2.05. The van der Waals surface area contributed by atoms with Crippen LogP contribution >= 0.6 is 0 Å². The molecule has 1 aliphatic heterocycles. The quantitative estimate of drug-likeness (QED) is 0.600. The van der Waals surface area contributed by atoms with Gasteiger partial charge in [0.05, 0.1) is 12.3 Å². The maximum absolute atomic E-state index is 12.7. The Morgan fingerprint density at radius 3 is 2.17 bits per heavy atom. The lowest BCUT2D eigenvalue weighted by Gasteiger charge is -2.31. The van der Waals surface area contributed by atoms with Crippen LogP contribution in [0.3, 0.4) is 0 Å². The molecule has 0 spiro atoms. The normalized spacial score (nSPS) is 16.1. The molecule has 0 amide bonds. The molecule has 2 aromatic carbocycles. The second-order valence-corrected chi connectivity index (χ2v) is 9.62. The number of benzene rings is 2. The van der Waals surface area contributed by atoms with E-state index in [0.717, 1.165) is 37.2 Å².